The highest BCUT2D eigenvalue weighted by molar-refractivity contribution is 6.19. The van der Waals surface area contributed by atoms with E-state index in [2.05, 4.69) is 214 Å². The predicted octanol–water partition coefficient (Wildman–Crippen LogP) is 13.2. The number of rotatable bonds is 5. The van der Waals surface area contributed by atoms with Crippen LogP contribution in [0.4, 0.5) is 0 Å². The molecular formula is C50H33N3. The molecule has 0 radical (unpaired) electrons. The summed E-state index contributed by atoms with van der Waals surface area (Å²) in [6.45, 7) is 0. The van der Waals surface area contributed by atoms with Crippen molar-refractivity contribution >= 4 is 54.5 Å². The summed E-state index contributed by atoms with van der Waals surface area (Å²) in [7, 11) is 0. The van der Waals surface area contributed by atoms with Crippen molar-refractivity contribution in [3.05, 3.63) is 200 Å². The van der Waals surface area contributed by atoms with Gasteiger partial charge >= 0.3 is 0 Å². The first-order valence-corrected chi connectivity index (χ1v) is 18.2. The quantitative estimate of drug-likeness (QED) is 0.172. The number of para-hydroxylation sites is 3. The molecule has 0 N–H and O–H groups in total. The number of hydrogen-bond acceptors (Lipinski definition) is 0. The van der Waals surface area contributed by atoms with E-state index in [-0.39, 0.29) is 0 Å². The van der Waals surface area contributed by atoms with Crippen LogP contribution in [0.3, 0.4) is 0 Å². The third-order valence-electron chi connectivity index (χ3n) is 10.8. The third-order valence-corrected chi connectivity index (χ3v) is 10.8. The topological polar surface area (TPSA) is 14.8 Å². The van der Waals surface area contributed by atoms with E-state index >= 15 is 0 Å². The minimum absolute atomic E-state index is 1.13. The third kappa shape index (κ3) is 4.54. The molecule has 8 aromatic carbocycles. The average Bonchev–Trinajstić information content (AvgIpc) is 3.90. The van der Waals surface area contributed by atoms with Gasteiger partial charge in [0.25, 0.3) is 0 Å². The summed E-state index contributed by atoms with van der Waals surface area (Å²) in [6, 6.07) is 72.6. The molecule has 0 amide bonds. The number of benzene rings is 8. The molecule has 0 saturated carbocycles. The Morgan fingerprint density at radius 3 is 1.51 bits per heavy atom. The summed E-state index contributed by atoms with van der Waals surface area (Å²) in [5, 5.41) is 6.21. The van der Waals surface area contributed by atoms with Crippen molar-refractivity contribution in [3.8, 4) is 39.4 Å². The minimum atomic E-state index is 1.13. The van der Waals surface area contributed by atoms with E-state index in [1.165, 1.54) is 76.9 Å². The Hall–Kier alpha value is -7.10. The predicted molar refractivity (Wildman–Crippen MR) is 223 cm³/mol. The summed E-state index contributed by atoms with van der Waals surface area (Å²) in [5.74, 6) is 0. The second-order valence-corrected chi connectivity index (χ2v) is 13.8. The molecule has 11 rings (SSSR count). The molecule has 0 atom stereocenters. The van der Waals surface area contributed by atoms with Crippen LogP contribution in [0, 0.1) is 0 Å². The molecule has 0 aliphatic rings. The fourth-order valence-electron chi connectivity index (χ4n) is 8.52. The Morgan fingerprint density at radius 1 is 0.245 bits per heavy atom. The Morgan fingerprint density at radius 2 is 0.774 bits per heavy atom. The maximum atomic E-state index is 2.47. The summed E-state index contributed by atoms with van der Waals surface area (Å²) in [6.07, 6.45) is 0. The molecule has 0 aliphatic heterocycles. The zero-order valence-electron chi connectivity index (χ0n) is 28.9. The van der Waals surface area contributed by atoms with Crippen molar-refractivity contribution in [2.45, 2.75) is 0 Å². The van der Waals surface area contributed by atoms with E-state index in [0.29, 0.717) is 0 Å². The second kappa shape index (κ2) is 11.7. The normalized spacial score (nSPS) is 11.8. The van der Waals surface area contributed by atoms with Crippen LogP contribution in [0.1, 0.15) is 0 Å². The highest BCUT2D eigenvalue weighted by Crippen LogP contribution is 2.42. The van der Waals surface area contributed by atoms with Gasteiger partial charge in [0, 0.05) is 44.0 Å². The Balaban J connectivity index is 1.18. The Labute approximate surface area is 306 Å². The molecule has 0 unspecified atom stereocenters. The van der Waals surface area contributed by atoms with E-state index in [1.807, 2.05) is 0 Å². The average molecular weight is 676 g/mol. The van der Waals surface area contributed by atoms with Crippen LogP contribution in [0.5, 0.6) is 0 Å². The van der Waals surface area contributed by atoms with Crippen LogP contribution in [0.25, 0.3) is 94.0 Å². The number of aromatic nitrogens is 3. The molecule has 3 nitrogen and oxygen atoms in total. The summed E-state index contributed by atoms with van der Waals surface area (Å²) >= 11 is 0. The monoisotopic (exact) mass is 675 g/mol. The summed E-state index contributed by atoms with van der Waals surface area (Å²) in [5.41, 5.74) is 14.2. The zero-order valence-corrected chi connectivity index (χ0v) is 28.9. The first kappa shape index (κ1) is 29.6. The van der Waals surface area contributed by atoms with Crippen molar-refractivity contribution < 1.29 is 0 Å². The highest BCUT2D eigenvalue weighted by atomic mass is 15.0. The molecule has 0 saturated heterocycles. The summed E-state index contributed by atoms with van der Waals surface area (Å²) in [4.78, 5) is 0. The molecular weight excluding hydrogens is 643 g/mol. The molecule has 248 valence electrons. The molecule has 53 heavy (non-hydrogen) atoms. The lowest BCUT2D eigenvalue weighted by atomic mass is 10.0. The van der Waals surface area contributed by atoms with Crippen molar-refractivity contribution in [3.63, 3.8) is 0 Å². The van der Waals surface area contributed by atoms with Gasteiger partial charge in [-0.05, 0) is 83.4 Å². The lowest BCUT2D eigenvalue weighted by Crippen LogP contribution is -1.99. The molecule has 0 fully saturated rings. The van der Waals surface area contributed by atoms with E-state index in [1.54, 1.807) is 0 Å². The van der Waals surface area contributed by atoms with Crippen LogP contribution in [-0.2, 0) is 0 Å². The van der Waals surface area contributed by atoms with Crippen molar-refractivity contribution in [2.75, 3.05) is 0 Å². The van der Waals surface area contributed by atoms with E-state index < -0.39 is 0 Å². The molecule has 11 aromatic rings. The molecule has 0 aliphatic carbocycles. The van der Waals surface area contributed by atoms with E-state index in [9.17, 15) is 0 Å². The highest BCUT2D eigenvalue weighted by Gasteiger charge is 2.21. The van der Waals surface area contributed by atoms with Crippen LogP contribution < -0.4 is 0 Å². The first-order valence-electron chi connectivity index (χ1n) is 18.2. The van der Waals surface area contributed by atoms with Gasteiger partial charge in [0.2, 0.25) is 0 Å². The first-order chi connectivity index (χ1) is 26.3. The fourth-order valence-corrected chi connectivity index (χ4v) is 8.52. The second-order valence-electron chi connectivity index (χ2n) is 13.8. The van der Waals surface area contributed by atoms with Crippen LogP contribution in [0.2, 0.25) is 0 Å². The number of hydrogen-bond donors (Lipinski definition) is 0. The maximum Gasteiger partial charge on any atom is 0.0635 e. The molecule has 0 bridgehead atoms. The van der Waals surface area contributed by atoms with Gasteiger partial charge in [-0.25, -0.2) is 0 Å². The smallest absolute Gasteiger partial charge is 0.0635 e. The molecule has 0 spiro atoms. The maximum absolute atomic E-state index is 2.47. The van der Waals surface area contributed by atoms with Gasteiger partial charge in [0.15, 0.2) is 0 Å². The van der Waals surface area contributed by atoms with Crippen LogP contribution in [0.15, 0.2) is 200 Å². The van der Waals surface area contributed by atoms with E-state index in [0.717, 1.165) is 17.1 Å². The molecule has 3 aromatic heterocycles. The Kier molecular flexibility index (Phi) is 6.55. The van der Waals surface area contributed by atoms with Gasteiger partial charge in [0.05, 0.1) is 33.3 Å². The lowest BCUT2D eigenvalue weighted by molar-refractivity contribution is 1.13. The van der Waals surface area contributed by atoms with Crippen LogP contribution >= 0.6 is 0 Å². The van der Waals surface area contributed by atoms with Gasteiger partial charge in [0.1, 0.15) is 0 Å². The number of nitrogens with zero attached hydrogens (tertiary/aromatic N) is 3. The standard InChI is InChI=1S/C50H33N3/c1-4-15-34(16-5-1)36-27-29-47-43(31-36)41-24-11-12-25-45(41)52(47)38-21-14-22-39(32-38)53-46-26-13-10-23-40(46)42-28-30-48-44(50(42)53)33-49(35-17-6-2-7-18-35)51(48)37-19-8-3-9-20-37/h1-33H. The van der Waals surface area contributed by atoms with Crippen molar-refractivity contribution in [2.24, 2.45) is 0 Å². The molecule has 3 heteroatoms. The largest absolute Gasteiger partial charge is 0.309 e. The zero-order chi connectivity index (χ0) is 34.9. The van der Waals surface area contributed by atoms with E-state index in [4.69, 9.17) is 0 Å². The molecule has 3 heterocycles. The minimum Gasteiger partial charge on any atom is -0.309 e. The van der Waals surface area contributed by atoms with Crippen molar-refractivity contribution in [1.29, 1.82) is 0 Å². The van der Waals surface area contributed by atoms with Gasteiger partial charge in [-0.15, -0.1) is 0 Å². The SMILES string of the molecule is c1ccc(-c2ccc3c(c2)c2ccccc2n3-c2cccc(-n3c4ccccc4c4ccc5c(cc(-c6ccccc6)n5-c5ccccc5)c43)c2)cc1. The summed E-state index contributed by atoms with van der Waals surface area (Å²) < 4.78 is 7.30. The number of fused-ring (bicyclic) bond motifs is 8. The van der Waals surface area contributed by atoms with Gasteiger partial charge in [-0.3, -0.25) is 0 Å². The Bertz CT molecular complexity index is 3150. The fraction of sp³-hybridized carbons (Fsp3) is 0. The van der Waals surface area contributed by atoms with Gasteiger partial charge in [-0.1, -0.05) is 133 Å². The lowest BCUT2D eigenvalue weighted by Gasteiger charge is -2.14. The van der Waals surface area contributed by atoms with Gasteiger partial charge < -0.3 is 13.7 Å². The van der Waals surface area contributed by atoms with Crippen LogP contribution in [-0.4, -0.2) is 13.7 Å². The van der Waals surface area contributed by atoms with Gasteiger partial charge in [-0.2, -0.15) is 0 Å². The van der Waals surface area contributed by atoms with Crippen molar-refractivity contribution in [1.82, 2.24) is 13.7 Å².